The number of nitriles is 1. The first kappa shape index (κ1) is 10.0. The molecule has 4 heteroatoms. The summed E-state index contributed by atoms with van der Waals surface area (Å²) in [6, 6.07) is 0. The summed E-state index contributed by atoms with van der Waals surface area (Å²) in [7, 11) is 0. The molecule has 1 heterocycles. The molecule has 0 saturated heterocycles. The van der Waals surface area contributed by atoms with Crippen LogP contribution in [0, 0.1) is 10.7 Å². The number of thiocyanates is 1. The van der Waals surface area contributed by atoms with Crippen molar-refractivity contribution in [1.29, 1.82) is 5.26 Å². The van der Waals surface area contributed by atoms with Crippen LogP contribution in [0.4, 0.5) is 0 Å². The van der Waals surface area contributed by atoms with Crippen molar-refractivity contribution >= 4 is 12.6 Å². The highest BCUT2D eigenvalue weighted by molar-refractivity contribution is 7.85. The van der Waals surface area contributed by atoms with E-state index in [1.165, 1.54) is 11.8 Å². The molecule has 0 spiro atoms. The van der Waals surface area contributed by atoms with E-state index in [0.29, 0.717) is 0 Å². The summed E-state index contributed by atoms with van der Waals surface area (Å²) >= 11 is 3.09. The predicted molar refractivity (Wildman–Crippen MR) is 47.1 cm³/mol. The van der Waals surface area contributed by atoms with Gasteiger partial charge in [0, 0.05) is 18.9 Å². The summed E-state index contributed by atoms with van der Waals surface area (Å²) in [5, 5.41) is 8.63. The largest absolute Gasteiger partial charge is 0.338 e. The van der Waals surface area contributed by atoms with Crippen molar-refractivity contribution in [2.24, 2.45) is 0 Å². The van der Waals surface area contributed by atoms with Crippen LogP contribution in [0.5, 0.6) is 0 Å². The molecule has 0 N–H and O–H groups in total. The van der Waals surface area contributed by atoms with Crippen molar-refractivity contribution in [3.8, 4) is 5.40 Å². The van der Waals surface area contributed by atoms with Crippen LogP contribution in [0.2, 0.25) is 0 Å². The van der Waals surface area contributed by atoms with Gasteiger partial charge in [0.05, 0.1) is 6.33 Å². The highest BCUT2D eigenvalue weighted by atomic mass is 32.1. The van der Waals surface area contributed by atoms with Gasteiger partial charge in [-0.15, -0.1) is 0 Å². The molecule has 0 aromatic carbocycles. The van der Waals surface area contributed by atoms with E-state index in [1.54, 1.807) is 6.20 Å². The van der Waals surface area contributed by atoms with E-state index in [1.807, 2.05) is 12.5 Å². The Bertz CT molecular complexity index is 200. The van der Waals surface area contributed by atoms with Crippen LogP contribution < -0.4 is 0 Å². The van der Waals surface area contributed by atoms with Crippen molar-refractivity contribution in [3.05, 3.63) is 18.7 Å². The zero-order chi connectivity index (χ0) is 8.53. The van der Waals surface area contributed by atoms with Gasteiger partial charge < -0.3 is 4.57 Å². The van der Waals surface area contributed by atoms with Crippen molar-refractivity contribution in [1.82, 2.24) is 9.55 Å². The average molecular weight is 169 g/mol. The highest BCUT2D eigenvalue weighted by Crippen LogP contribution is 1.87. The maximum atomic E-state index is 7.18. The summed E-state index contributed by atoms with van der Waals surface area (Å²) in [4.78, 5) is 3.90. The Kier molecular flexibility index (Phi) is 6.54. The summed E-state index contributed by atoms with van der Waals surface area (Å²) in [6.45, 7) is 3.24. The molecule has 0 aliphatic rings. The van der Waals surface area contributed by atoms with Crippen LogP contribution in [0.1, 0.15) is 13.3 Å². The molecular formula is C7H11N3S. The standard InChI is InChI=1S/C6H10N2.CHNS/c1-2-4-8-5-3-7-6-8;2-1-3/h3,5-6H,2,4H2,1H3;3H. The molecule has 0 unspecified atom stereocenters. The normalized spacial score (nSPS) is 7.73. The Labute approximate surface area is 72.1 Å². The predicted octanol–water partition coefficient (Wildman–Crippen LogP) is 1.69. The maximum Gasteiger partial charge on any atom is 0.130 e. The lowest BCUT2D eigenvalue weighted by Gasteiger charge is -1.93. The van der Waals surface area contributed by atoms with Gasteiger partial charge in [-0.3, -0.25) is 0 Å². The molecule has 1 aromatic heterocycles. The fourth-order valence-corrected chi connectivity index (χ4v) is 0.677. The average Bonchev–Trinajstić information content (AvgIpc) is 2.42. The van der Waals surface area contributed by atoms with E-state index in [4.69, 9.17) is 5.26 Å². The minimum absolute atomic E-state index is 1.08. The van der Waals surface area contributed by atoms with Crippen LogP contribution in [-0.2, 0) is 6.54 Å². The highest BCUT2D eigenvalue weighted by Gasteiger charge is 1.81. The van der Waals surface area contributed by atoms with Gasteiger partial charge in [0.2, 0.25) is 0 Å². The van der Waals surface area contributed by atoms with Gasteiger partial charge in [0.15, 0.2) is 0 Å². The molecule has 0 aliphatic carbocycles. The van der Waals surface area contributed by atoms with E-state index in [-0.39, 0.29) is 0 Å². The monoisotopic (exact) mass is 169 g/mol. The van der Waals surface area contributed by atoms with Crippen molar-refractivity contribution < 1.29 is 0 Å². The summed E-state index contributed by atoms with van der Waals surface area (Å²) in [5.74, 6) is 0. The van der Waals surface area contributed by atoms with Crippen LogP contribution in [0.3, 0.4) is 0 Å². The zero-order valence-corrected chi connectivity index (χ0v) is 7.33. The molecule has 0 atom stereocenters. The third-order valence-electron chi connectivity index (χ3n) is 1.04. The van der Waals surface area contributed by atoms with E-state index < -0.39 is 0 Å². The van der Waals surface area contributed by atoms with Gasteiger partial charge >= 0.3 is 0 Å². The first-order valence-electron chi connectivity index (χ1n) is 3.34. The first-order valence-corrected chi connectivity index (χ1v) is 3.78. The van der Waals surface area contributed by atoms with Gasteiger partial charge in [-0.1, -0.05) is 19.6 Å². The molecule has 60 valence electrons. The third kappa shape index (κ3) is 5.49. The number of aryl methyl sites for hydroxylation is 1. The SMILES string of the molecule is CCCn1ccnc1.N#CS. The number of imidazole rings is 1. The lowest BCUT2D eigenvalue weighted by atomic mass is 10.5. The van der Waals surface area contributed by atoms with E-state index in [2.05, 4.69) is 29.1 Å². The van der Waals surface area contributed by atoms with E-state index in [9.17, 15) is 0 Å². The molecule has 11 heavy (non-hydrogen) atoms. The van der Waals surface area contributed by atoms with Crippen LogP contribution in [0.25, 0.3) is 0 Å². The lowest BCUT2D eigenvalue weighted by molar-refractivity contribution is 0.678. The van der Waals surface area contributed by atoms with Crippen molar-refractivity contribution in [3.63, 3.8) is 0 Å². The quantitative estimate of drug-likeness (QED) is 0.540. The first-order chi connectivity index (χ1) is 5.35. The molecule has 0 fully saturated rings. The fourth-order valence-electron chi connectivity index (χ4n) is 0.677. The maximum absolute atomic E-state index is 7.18. The Morgan fingerprint density at radius 1 is 1.73 bits per heavy atom. The topological polar surface area (TPSA) is 41.6 Å². The summed E-state index contributed by atoms with van der Waals surface area (Å²) < 4.78 is 2.07. The van der Waals surface area contributed by atoms with E-state index in [0.717, 1.165) is 6.54 Å². The number of aromatic nitrogens is 2. The minimum Gasteiger partial charge on any atom is -0.338 e. The zero-order valence-electron chi connectivity index (χ0n) is 6.44. The molecule has 0 bridgehead atoms. The van der Waals surface area contributed by atoms with Crippen molar-refractivity contribution in [2.45, 2.75) is 19.9 Å². The molecular weight excluding hydrogens is 158 g/mol. The lowest BCUT2D eigenvalue weighted by Crippen LogP contribution is -1.90. The number of thiol groups is 1. The van der Waals surface area contributed by atoms with Crippen LogP contribution in [0.15, 0.2) is 18.7 Å². The van der Waals surface area contributed by atoms with Crippen molar-refractivity contribution in [2.75, 3.05) is 0 Å². The number of hydrogen-bond acceptors (Lipinski definition) is 3. The summed E-state index contributed by atoms with van der Waals surface area (Å²) in [6.07, 6.45) is 6.79. The van der Waals surface area contributed by atoms with Crippen LogP contribution in [-0.4, -0.2) is 9.55 Å². The van der Waals surface area contributed by atoms with Crippen LogP contribution >= 0.6 is 12.6 Å². The molecule has 1 rings (SSSR count). The fraction of sp³-hybridized carbons (Fsp3) is 0.429. The van der Waals surface area contributed by atoms with Gasteiger partial charge in [-0.25, -0.2) is 4.98 Å². The molecule has 0 saturated carbocycles. The molecule has 3 nitrogen and oxygen atoms in total. The molecule has 1 aromatic rings. The van der Waals surface area contributed by atoms with E-state index >= 15 is 0 Å². The number of rotatable bonds is 2. The molecule has 0 radical (unpaired) electrons. The second-order valence-electron chi connectivity index (χ2n) is 1.90. The van der Waals surface area contributed by atoms with Gasteiger partial charge in [0.1, 0.15) is 5.40 Å². The Hall–Kier alpha value is -0.950. The Balaban J connectivity index is 0.000000292. The minimum atomic E-state index is 1.08. The second-order valence-corrected chi connectivity index (χ2v) is 2.10. The smallest absolute Gasteiger partial charge is 0.130 e. The second kappa shape index (κ2) is 7.16. The van der Waals surface area contributed by atoms with Gasteiger partial charge in [-0.2, -0.15) is 5.26 Å². The molecule has 0 aliphatic heterocycles. The molecule has 0 amide bonds. The Morgan fingerprint density at radius 3 is 2.73 bits per heavy atom. The third-order valence-corrected chi connectivity index (χ3v) is 1.04. The summed E-state index contributed by atoms with van der Waals surface area (Å²) in [5.41, 5.74) is 0. The Morgan fingerprint density at radius 2 is 2.36 bits per heavy atom. The van der Waals surface area contributed by atoms with Gasteiger partial charge in [-0.05, 0) is 6.42 Å². The van der Waals surface area contributed by atoms with Gasteiger partial charge in [0.25, 0.3) is 0 Å². The number of nitrogens with zero attached hydrogens (tertiary/aromatic N) is 3. The number of hydrogen-bond donors (Lipinski definition) is 1.